The number of benzene rings is 2. The SMILES string of the molecule is CCNCCN(C(=O)CNCC(=O)N(C)N1Cc2ccccc2C1)c1ccc(-c2ccc(N)nc2)cc1C. The Bertz CT molecular complexity index is 1240. The van der Waals surface area contributed by atoms with Gasteiger partial charge in [0.25, 0.3) is 5.91 Å². The molecule has 3 aromatic rings. The molecule has 0 spiro atoms. The van der Waals surface area contributed by atoms with Crippen LogP contribution in [0.3, 0.4) is 0 Å². The van der Waals surface area contributed by atoms with Gasteiger partial charge in [0.1, 0.15) is 5.82 Å². The summed E-state index contributed by atoms with van der Waals surface area (Å²) in [6.07, 6.45) is 1.75. The predicted octanol–water partition coefficient (Wildman–Crippen LogP) is 2.56. The van der Waals surface area contributed by atoms with Crippen LogP contribution < -0.4 is 21.3 Å². The highest BCUT2D eigenvalue weighted by molar-refractivity contribution is 5.96. The smallest absolute Gasteiger partial charge is 0.250 e. The van der Waals surface area contributed by atoms with E-state index in [1.54, 1.807) is 29.2 Å². The molecule has 1 aliphatic heterocycles. The van der Waals surface area contributed by atoms with Crippen molar-refractivity contribution in [3.63, 3.8) is 0 Å². The number of hydrazine groups is 1. The van der Waals surface area contributed by atoms with E-state index in [-0.39, 0.29) is 24.9 Å². The lowest BCUT2D eigenvalue weighted by molar-refractivity contribution is -0.145. The number of carbonyl (C=O) groups is 2. The van der Waals surface area contributed by atoms with Crippen LogP contribution in [0.15, 0.2) is 60.8 Å². The van der Waals surface area contributed by atoms with E-state index in [0.717, 1.165) is 28.9 Å². The van der Waals surface area contributed by atoms with E-state index in [2.05, 4.69) is 33.8 Å². The Morgan fingerprint density at radius 3 is 2.29 bits per heavy atom. The second-order valence-electron chi connectivity index (χ2n) is 9.48. The third kappa shape index (κ3) is 6.55. The molecule has 1 aromatic heterocycles. The molecule has 0 atom stereocenters. The van der Waals surface area contributed by atoms with Gasteiger partial charge >= 0.3 is 0 Å². The number of nitrogens with zero attached hydrogens (tertiary/aromatic N) is 4. The van der Waals surface area contributed by atoms with Gasteiger partial charge in [-0.2, -0.15) is 0 Å². The van der Waals surface area contributed by atoms with Gasteiger partial charge in [0.2, 0.25) is 5.91 Å². The number of carbonyl (C=O) groups excluding carboxylic acids is 2. The highest BCUT2D eigenvalue weighted by Crippen LogP contribution is 2.27. The molecular weight excluding hydrogens is 478 g/mol. The molecule has 9 nitrogen and oxygen atoms in total. The molecule has 2 aromatic carbocycles. The molecular formula is C29H37N7O2. The fraction of sp³-hybridized carbons (Fsp3) is 0.345. The number of amides is 2. The van der Waals surface area contributed by atoms with Gasteiger partial charge in [-0.05, 0) is 60.0 Å². The van der Waals surface area contributed by atoms with Crippen LogP contribution in [0, 0.1) is 6.92 Å². The first kappa shape index (κ1) is 27.3. The first-order valence-corrected chi connectivity index (χ1v) is 13.0. The molecule has 200 valence electrons. The number of hydrogen-bond acceptors (Lipinski definition) is 7. The average molecular weight is 516 g/mol. The van der Waals surface area contributed by atoms with Gasteiger partial charge in [-0.25, -0.2) is 9.99 Å². The van der Waals surface area contributed by atoms with E-state index in [0.29, 0.717) is 32.0 Å². The summed E-state index contributed by atoms with van der Waals surface area (Å²) in [5.74, 6) is 0.310. The summed E-state index contributed by atoms with van der Waals surface area (Å²) in [6.45, 7) is 7.61. The molecule has 4 N–H and O–H groups in total. The van der Waals surface area contributed by atoms with Gasteiger partial charge in [0, 0.05) is 50.7 Å². The Hall–Kier alpha value is -3.79. The molecule has 38 heavy (non-hydrogen) atoms. The van der Waals surface area contributed by atoms with Gasteiger partial charge in [-0.1, -0.05) is 37.3 Å². The number of nitrogens with two attached hydrogens (primary N) is 1. The topological polar surface area (TPSA) is 107 Å². The zero-order valence-electron chi connectivity index (χ0n) is 22.4. The summed E-state index contributed by atoms with van der Waals surface area (Å²) < 4.78 is 0. The Morgan fingerprint density at radius 1 is 0.974 bits per heavy atom. The molecule has 9 heteroatoms. The summed E-state index contributed by atoms with van der Waals surface area (Å²) in [6, 6.07) is 17.9. The zero-order chi connectivity index (χ0) is 27.1. The Morgan fingerprint density at radius 2 is 1.66 bits per heavy atom. The van der Waals surface area contributed by atoms with Gasteiger partial charge in [0.05, 0.1) is 13.1 Å². The number of pyridine rings is 1. The predicted molar refractivity (Wildman–Crippen MR) is 151 cm³/mol. The average Bonchev–Trinajstić information content (AvgIpc) is 3.36. The molecule has 0 unspecified atom stereocenters. The van der Waals surface area contributed by atoms with Crippen LogP contribution in [-0.4, -0.2) is 66.6 Å². The second kappa shape index (κ2) is 12.6. The number of anilines is 2. The minimum atomic E-state index is -0.0862. The fourth-order valence-electron chi connectivity index (χ4n) is 4.63. The third-order valence-electron chi connectivity index (χ3n) is 6.83. The number of nitrogens with one attached hydrogen (secondary N) is 2. The molecule has 1 aliphatic rings. The van der Waals surface area contributed by atoms with E-state index >= 15 is 0 Å². The normalized spacial score (nSPS) is 12.8. The highest BCUT2D eigenvalue weighted by Gasteiger charge is 2.25. The summed E-state index contributed by atoms with van der Waals surface area (Å²) >= 11 is 0. The number of rotatable bonds is 11. The lowest BCUT2D eigenvalue weighted by atomic mass is 10.0. The molecule has 0 aliphatic carbocycles. The van der Waals surface area contributed by atoms with Crippen molar-refractivity contribution in [3.05, 3.63) is 77.5 Å². The van der Waals surface area contributed by atoms with Crippen molar-refractivity contribution in [1.29, 1.82) is 0 Å². The van der Waals surface area contributed by atoms with Crippen molar-refractivity contribution >= 4 is 23.3 Å². The Labute approximate surface area is 224 Å². The lowest BCUT2D eigenvalue weighted by Crippen LogP contribution is -2.47. The number of hydrogen-bond donors (Lipinski definition) is 3. The first-order chi connectivity index (χ1) is 18.4. The minimum Gasteiger partial charge on any atom is -0.384 e. The number of fused-ring (bicyclic) bond motifs is 1. The van der Waals surface area contributed by atoms with Crippen LogP contribution in [0.5, 0.6) is 0 Å². The van der Waals surface area contributed by atoms with Crippen LogP contribution in [0.1, 0.15) is 23.6 Å². The lowest BCUT2D eigenvalue weighted by Gasteiger charge is -2.28. The summed E-state index contributed by atoms with van der Waals surface area (Å²) in [4.78, 5) is 32.1. The molecule has 0 bridgehead atoms. The monoisotopic (exact) mass is 515 g/mol. The Kier molecular flexibility index (Phi) is 9.06. The van der Waals surface area contributed by atoms with Gasteiger partial charge in [-0.15, -0.1) is 0 Å². The second-order valence-corrected chi connectivity index (χ2v) is 9.48. The van der Waals surface area contributed by atoms with Crippen molar-refractivity contribution in [1.82, 2.24) is 25.6 Å². The molecule has 0 fully saturated rings. The highest BCUT2D eigenvalue weighted by atomic mass is 16.2. The van der Waals surface area contributed by atoms with Crippen molar-refractivity contribution in [2.75, 3.05) is 50.4 Å². The molecule has 2 heterocycles. The fourth-order valence-corrected chi connectivity index (χ4v) is 4.63. The number of likely N-dealkylation sites (N-methyl/N-ethyl adjacent to an activating group) is 2. The number of aromatic nitrogens is 1. The van der Waals surface area contributed by atoms with E-state index in [1.165, 1.54) is 11.1 Å². The first-order valence-electron chi connectivity index (χ1n) is 13.0. The van der Waals surface area contributed by atoms with E-state index in [9.17, 15) is 9.59 Å². The maximum Gasteiger partial charge on any atom is 0.250 e. The standard InChI is InChI=1S/C29H37N7O2/c1-4-31-13-14-36(26-11-9-22(15-21(26)2)23-10-12-27(30)33-16-23)29(38)18-32-17-28(37)34(3)35-19-24-7-5-6-8-25(24)20-35/h5-12,15-16,31-32H,4,13-14,17-20H2,1-3H3,(H2,30,33). The van der Waals surface area contributed by atoms with Gasteiger partial charge in [0.15, 0.2) is 0 Å². The van der Waals surface area contributed by atoms with E-state index in [1.807, 2.05) is 49.2 Å². The minimum absolute atomic E-state index is 0.0645. The van der Waals surface area contributed by atoms with Gasteiger partial charge < -0.3 is 16.0 Å². The summed E-state index contributed by atoms with van der Waals surface area (Å²) in [7, 11) is 1.78. The molecule has 2 amide bonds. The van der Waals surface area contributed by atoms with Crippen LogP contribution in [0.4, 0.5) is 11.5 Å². The maximum absolute atomic E-state index is 13.3. The molecule has 0 radical (unpaired) electrons. The van der Waals surface area contributed by atoms with Crippen LogP contribution in [0.2, 0.25) is 0 Å². The Balaban J connectivity index is 1.37. The molecule has 0 saturated carbocycles. The van der Waals surface area contributed by atoms with Crippen LogP contribution in [0.25, 0.3) is 11.1 Å². The molecule has 0 saturated heterocycles. The zero-order valence-corrected chi connectivity index (χ0v) is 22.4. The number of aryl methyl sites for hydroxylation is 1. The maximum atomic E-state index is 13.3. The van der Waals surface area contributed by atoms with E-state index in [4.69, 9.17) is 5.73 Å². The van der Waals surface area contributed by atoms with Crippen molar-refractivity contribution in [3.8, 4) is 11.1 Å². The van der Waals surface area contributed by atoms with Gasteiger partial charge in [-0.3, -0.25) is 19.9 Å². The van der Waals surface area contributed by atoms with Crippen LogP contribution in [-0.2, 0) is 22.7 Å². The summed E-state index contributed by atoms with van der Waals surface area (Å²) in [5, 5.41) is 10.0. The van der Waals surface area contributed by atoms with Crippen molar-refractivity contribution in [2.45, 2.75) is 26.9 Å². The summed E-state index contributed by atoms with van der Waals surface area (Å²) in [5.41, 5.74) is 12.0. The molecule has 4 rings (SSSR count). The largest absolute Gasteiger partial charge is 0.384 e. The van der Waals surface area contributed by atoms with Crippen molar-refractivity contribution in [2.24, 2.45) is 0 Å². The quantitative estimate of drug-likeness (QED) is 0.337. The van der Waals surface area contributed by atoms with E-state index < -0.39 is 0 Å². The van der Waals surface area contributed by atoms with Crippen LogP contribution >= 0.6 is 0 Å². The third-order valence-corrected chi connectivity index (χ3v) is 6.83. The number of nitrogen functional groups attached to an aromatic ring is 1. The van der Waals surface area contributed by atoms with Crippen molar-refractivity contribution < 1.29 is 9.59 Å².